The zero-order chi connectivity index (χ0) is 19.4. The van der Waals surface area contributed by atoms with Gasteiger partial charge in [-0.25, -0.2) is 13.4 Å². The Morgan fingerprint density at radius 3 is 2.56 bits per heavy atom. The maximum Gasteiger partial charge on any atom is 0.152 e. The predicted molar refractivity (Wildman–Crippen MR) is 112 cm³/mol. The average molecular weight is 389 g/mol. The first-order valence-electron chi connectivity index (χ1n) is 9.71. The number of para-hydroxylation sites is 1. The molecule has 0 radical (unpaired) electrons. The van der Waals surface area contributed by atoms with E-state index in [2.05, 4.69) is 17.0 Å². The second-order valence-electron chi connectivity index (χ2n) is 6.96. The minimum atomic E-state index is -2.94. The number of aromatic nitrogens is 3. The van der Waals surface area contributed by atoms with Crippen LogP contribution in [0.3, 0.4) is 0 Å². The van der Waals surface area contributed by atoms with E-state index in [1.807, 2.05) is 35.9 Å². The first-order valence-corrected chi connectivity index (χ1v) is 11.5. The molecule has 0 spiro atoms. The van der Waals surface area contributed by atoms with E-state index in [4.69, 9.17) is 5.73 Å². The van der Waals surface area contributed by atoms with Crippen molar-refractivity contribution < 1.29 is 8.42 Å². The van der Waals surface area contributed by atoms with Gasteiger partial charge in [0.1, 0.15) is 15.4 Å². The highest BCUT2D eigenvalue weighted by Crippen LogP contribution is 2.31. The Morgan fingerprint density at radius 1 is 1.07 bits per heavy atom. The molecule has 0 unspecified atom stereocenters. The van der Waals surface area contributed by atoms with Gasteiger partial charge in [-0.1, -0.05) is 31.5 Å². The molecule has 0 amide bonds. The lowest BCUT2D eigenvalue weighted by Crippen LogP contribution is -2.11. The normalized spacial score (nSPS) is 12.2. The summed E-state index contributed by atoms with van der Waals surface area (Å²) in [5, 5.41) is 6.76. The first kappa shape index (κ1) is 19.6. The van der Waals surface area contributed by atoms with Crippen molar-refractivity contribution >= 4 is 37.5 Å². The van der Waals surface area contributed by atoms with Crippen molar-refractivity contribution in [3.05, 3.63) is 30.0 Å². The number of sulfone groups is 1. The van der Waals surface area contributed by atoms with Gasteiger partial charge in [0, 0.05) is 23.0 Å². The van der Waals surface area contributed by atoms with Crippen molar-refractivity contribution in [2.45, 2.75) is 52.5 Å². The summed E-state index contributed by atoms with van der Waals surface area (Å²) in [4.78, 5) is 4.47. The molecule has 0 aliphatic rings. The van der Waals surface area contributed by atoms with Gasteiger partial charge in [-0.05, 0) is 38.7 Å². The van der Waals surface area contributed by atoms with E-state index in [1.165, 1.54) is 0 Å². The number of benzene rings is 1. The molecule has 0 aliphatic heterocycles. The van der Waals surface area contributed by atoms with Gasteiger partial charge in [-0.15, -0.1) is 0 Å². The zero-order valence-electron chi connectivity index (χ0n) is 16.1. The van der Waals surface area contributed by atoms with Crippen LogP contribution in [0.5, 0.6) is 0 Å². The monoisotopic (exact) mass is 388 g/mol. The van der Waals surface area contributed by atoms with E-state index in [0.29, 0.717) is 18.0 Å². The van der Waals surface area contributed by atoms with Crippen LogP contribution in [0.15, 0.2) is 24.3 Å². The predicted octanol–water partition coefficient (Wildman–Crippen LogP) is 3.72. The van der Waals surface area contributed by atoms with E-state index in [9.17, 15) is 8.42 Å². The number of fused-ring (bicyclic) bond motifs is 3. The summed E-state index contributed by atoms with van der Waals surface area (Å²) in [6, 6.07) is 7.95. The summed E-state index contributed by atoms with van der Waals surface area (Å²) in [6.45, 7) is 4.81. The number of rotatable bonds is 9. The standard InChI is InChI=1S/C20H28N4O2S/c1-3-5-13-27(25,26)14-9-8-12-17-18-15-10-6-7-11-16(15)22-20(21)19(18)23-24(17)4-2/h6-7,10-11H,3-5,8-9,12-14H2,1-2H3,(H2,21,22). The molecule has 2 aromatic heterocycles. The van der Waals surface area contributed by atoms with Crippen molar-refractivity contribution in [2.75, 3.05) is 17.2 Å². The molecule has 7 heteroatoms. The van der Waals surface area contributed by atoms with Crippen LogP contribution in [-0.4, -0.2) is 34.7 Å². The van der Waals surface area contributed by atoms with Gasteiger partial charge in [0.05, 0.1) is 17.0 Å². The minimum absolute atomic E-state index is 0.260. The fourth-order valence-electron chi connectivity index (χ4n) is 3.52. The fourth-order valence-corrected chi connectivity index (χ4v) is 5.10. The largest absolute Gasteiger partial charge is 0.382 e. The summed E-state index contributed by atoms with van der Waals surface area (Å²) in [7, 11) is -2.94. The SMILES string of the molecule is CCCCS(=O)(=O)CCCCc1c2c(nn1CC)c(N)nc1ccccc12. The van der Waals surface area contributed by atoms with Crippen LogP contribution in [0.25, 0.3) is 21.8 Å². The van der Waals surface area contributed by atoms with Crippen LogP contribution in [0.2, 0.25) is 0 Å². The second kappa shape index (κ2) is 8.25. The van der Waals surface area contributed by atoms with Crippen LogP contribution in [-0.2, 0) is 22.8 Å². The molecule has 3 rings (SSSR count). The lowest BCUT2D eigenvalue weighted by Gasteiger charge is -2.08. The molecule has 0 aliphatic carbocycles. The smallest absolute Gasteiger partial charge is 0.152 e. The molecule has 0 saturated carbocycles. The third-order valence-electron chi connectivity index (χ3n) is 4.94. The first-order chi connectivity index (χ1) is 13.0. The number of unbranched alkanes of at least 4 members (excludes halogenated alkanes) is 2. The summed E-state index contributed by atoms with van der Waals surface area (Å²) >= 11 is 0. The Labute approximate surface area is 160 Å². The molecule has 3 aromatic rings. The van der Waals surface area contributed by atoms with Crippen LogP contribution in [0.4, 0.5) is 5.82 Å². The van der Waals surface area contributed by atoms with Gasteiger partial charge >= 0.3 is 0 Å². The van der Waals surface area contributed by atoms with Crippen LogP contribution in [0, 0.1) is 0 Å². The van der Waals surface area contributed by atoms with E-state index in [-0.39, 0.29) is 5.75 Å². The average Bonchev–Trinajstić information content (AvgIpc) is 3.03. The van der Waals surface area contributed by atoms with E-state index in [1.54, 1.807) is 0 Å². The highest BCUT2D eigenvalue weighted by atomic mass is 32.2. The number of nitrogens with two attached hydrogens (primary N) is 1. The Kier molecular flexibility index (Phi) is 5.99. The number of nitrogens with zero attached hydrogens (tertiary/aromatic N) is 3. The second-order valence-corrected chi connectivity index (χ2v) is 9.27. The van der Waals surface area contributed by atoms with Gasteiger partial charge in [0.15, 0.2) is 5.82 Å². The zero-order valence-corrected chi connectivity index (χ0v) is 16.9. The molecule has 0 fully saturated rings. The van der Waals surface area contributed by atoms with Gasteiger partial charge in [-0.2, -0.15) is 5.10 Å². The summed E-state index contributed by atoms with van der Waals surface area (Å²) < 4.78 is 26.1. The number of hydrogen-bond acceptors (Lipinski definition) is 5. The Hall–Kier alpha value is -2.15. The molecule has 0 bridgehead atoms. The molecule has 2 heterocycles. The van der Waals surface area contributed by atoms with Crippen molar-refractivity contribution in [3.63, 3.8) is 0 Å². The summed E-state index contributed by atoms with van der Waals surface area (Å²) in [6.07, 6.45) is 3.90. The molecule has 6 nitrogen and oxygen atoms in total. The van der Waals surface area contributed by atoms with Crippen LogP contribution < -0.4 is 5.73 Å². The molecule has 0 saturated heterocycles. The van der Waals surface area contributed by atoms with E-state index < -0.39 is 9.84 Å². The molecule has 27 heavy (non-hydrogen) atoms. The minimum Gasteiger partial charge on any atom is -0.382 e. The maximum atomic E-state index is 12.1. The molecule has 146 valence electrons. The quantitative estimate of drug-likeness (QED) is 0.564. The molecule has 0 atom stereocenters. The van der Waals surface area contributed by atoms with Crippen molar-refractivity contribution in [3.8, 4) is 0 Å². The molecule has 1 aromatic carbocycles. The third kappa shape index (κ3) is 4.24. The Morgan fingerprint density at radius 2 is 1.81 bits per heavy atom. The van der Waals surface area contributed by atoms with Gasteiger partial charge < -0.3 is 5.73 Å². The van der Waals surface area contributed by atoms with Crippen LogP contribution >= 0.6 is 0 Å². The fraction of sp³-hybridized carbons (Fsp3) is 0.500. The third-order valence-corrected chi connectivity index (χ3v) is 6.76. The number of aryl methyl sites for hydroxylation is 2. The molecular formula is C20H28N4O2S. The van der Waals surface area contributed by atoms with Gasteiger partial charge in [0.2, 0.25) is 0 Å². The maximum absolute atomic E-state index is 12.1. The summed E-state index contributed by atoms with van der Waals surface area (Å²) in [5.41, 5.74) is 8.87. The van der Waals surface area contributed by atoms with Gasteiger partial charge in [-0.3, -0.25) is 4.68 Å². The topological polar surface area (TPSA) is 90.9 Å². The van der Waals surface area contributed by atoms with E-state index in [0.717, 1.165) is 59.7 Å². The van der Waals surface area contributed by atoms with Crippen LogP contribution in [0.1, 0.15) is 45.2 Å². The number of hydrogen-bond donors (Lipinski definition) is 1. The van der Waals surface area contributed by atoms with Gasteiger partial charge in [0.25, 0.3) is 0 Å². The highest BCUT2D eigenvalue weighted by molar-refractivity contribution is 7.91. The Balaban J connectivity index is 1.86. The molecular weight excluding hydrogens is 360 g/mol. The number of nitrogen functional groups attached to an aromatic ring is 1. The number of pyridine rings is 1. The lowest BCUT2D eigenvalue weighted by molar-refractivity contribution is 0.584. The lowest BCUT2D eigenvalue weighted by atomic mass is 10.1. The molecule has 2 N–H and O–H groups in total. The van der Waals surface area contributed by atoms with Crippen molar-refractivity contribution in [1.82, 2.24) is 14.8 Å². The van der Waals surface area contributed by atoms with E-state index >= 15 is 0 Å². The Bertz CT molecular complexity index is 1040. The highest BCUT2D eigenvalue weighted by Gasteiger charge is 2.17. The van der Waals surface area contributed by atoms with Crippen molar-refractivity contribution in [2.24, 2.45) is 0 Å². The van der Waals surface area contributed by atoms with Crippen molar-refractivity contribution in [1.29, 1.82) is 0 Å². The number of anilines is 1. The summed E-state index contributed by atoms with van der Waals surface area (Å²) in [5.74, 6) is 1.00.